The molecule has 2 amide bonds. The molecule has 0 bridgehead atoms. The molecule has 126 valence electrons. The zero-order chi connectivity index (χ0) is 15.6. The molecule has 2 aliphatic rings. The third-order valence-electron chi connectivity index (χ3n) is 5.02. The van der Waals surface area contributed by atoms with E-state index in [9.17, 15) is 9.59 Å². The maximum Gasteiger partial charge on any atom is 0.251 e. The van der Waals surface area contributed by atoms with E-state index in [0.29, 0.717) is 12.1 Å². The lowest BCUT2D eigenvalue weighted by Crippen LogP contribution is -2.33. The number of halogens is 1. The Morgan fingerprint density at radius 2 is 1.87 bits per heavy atom. The fraction of sp³-hybridized carbons (Fsp3) is 0.529. The van der Waals surface area contributed by atoms with Crippen molar-refractivity contribution in [2.75, 3.05) is 20.1 Å². The molecule has 1 spiro atoms. The summed E-state index contributed by atoms with van der Waals surface area (Å²) in [6.45, 7) is 2.59. The van der Waals surface area contributed by atoms with E-state index in [4.69, 9.17) is 0 Å². The van der Waals surface area contributed by atoms with Crippen LogP contribution in [0.4, 0.5) is 0 Å². The largest absolute Gasteiger partial charge is 0.355 e. The number of rotatable bonds is 4. The van der Waals surface area contributed by atoms with E-state index in [1.807, 2.05) is 12.1 Å². The minimum Gasteiger partial charge on any atom is -0.355 e. The molecule has 3 rings (SSSR count). The predicted octanol–water partition coefficient (Wildman–Crippen LogP) is 1.47. The van der Waals surface area contributed by atoms with Gasteiger partial charge < -0.3 is 16.0 Å². The van der Waals surface area contributed by atoms with Crippen LogP contribution in [-0.2, 0) is 11.3 Å². The zero-order valence-corrected chi connectivity index (χ0v) is 14.2. The summed E-state index contributed by atoms with van der Waals surface area (Å²) in [6.07, 6.45) is 3.27. The smallest absolute Gasteiger partial charge is 0.251 e. The third-order valence-corrected chi connectivity index (χ3v) is 5.02. The van der Waals surface area contributed by atoms with Crippen LogP contribution in [0.1, 0.15) is 35.2 Å². The Morgan fingerprint density at radius 1 is 1.22 bits per heavy atom. The molecule has 1 aliphatic heterocycles. The summed E-state index contributed by atoms with van der Waals surface area (Å²) in [6, 6.07) is 7.34. The molecule has 6 heteroatoms. The highest BCUT2D eigenvalue weighted by Gasteiger charge is 2.57. The first-order valence-electron chi connectivity index (χ1n) is 7.94. The molecule has 1 atom stereocenters. The van der Waals surface area contributed by atoms with E-state index >= 15 is 0 Å². The Morgan fingerprint density at radius 3 is 2.48 bits per heavy atom. The van der Waals surface area contributed by atoms with Crippen LogP contribution in [0, 0.1) is 11.3 Å². The van der Waals surface area contributed by atoms with Crippen molar-refractivity contribution in [3.63, 3.8) is 0 Å². The maximum atomic E-state index is 12.3. The van der Waals surface area contributed by atoms with E-state index in [0.717, 1.165) is 37.9 Å². The molecule has 0 radical (unpaired) electrons. The lowest BCUT2D eigenvalue weighted by atomic mass is 9.92. The molecule has 3 N–H and O–H groups in total. The van der Waals surface area contributed by atoms with Gasteiger partial charge in [-0.1, -0.05) is 12.1 Å². The van der Waals surface area contributed by atoms with E-state index in [-0.39, 0.29) is 35.6 Å². The fourth-order valence-electron chi connectivity index (χ4n) is 3.43. The van der Waals surface area contributed by atoms with Gasteiger partial charge in [0.2, 0.25) is 5.91 Å². The standard InChI is InChI=1S/C17H23N3O2.ClH/c1-18-15(21)13-4-2-12(3-5-13)11-20-16(22)14-10-17(14)6-8-19-9-7-17;/h2-5,14,19H,6-11H2,1H3,(H,18,21)(H,20,22);1H. The second kappa shape index (κ2) is 7.32. The second-order valence-corrected chi connectivity index (χ2v) is 6.36. The molecule has 1 saturated heterocycles. The van der Waals surface area contributed by atoms with Crippen LogP contribution in [0.2, 0.25) is 0 Å². The number of hydrogen-bond acceptors (Lipinski definition) is 3. The van der Waals surface area contributed by atoms with Gasteiger partial charge in [-0.05, 0) is 55.5 Å². The highest BCUT2D eigenvalue weighted by molar-refractivity contribution is 5.93. The van der Waals surface area contributed by atoms with Gasteiger partial charge in [0.1, 0.15) is 0 Å². The molecule has 2 fully saturated rings. The lowest BCUT2D eigenvalue weighted by Gasteiger charge is -2.23. The van der Waals surface area contributed by atoms with E-state index in [2.05, 4.69) is 16.0 Å². The van der Waals surface area contributed by atoms with Crippen LogP contribution >= 0.6 is 12.4 Å². The minimum absolute atomic E-state index is 0. The molecule has 5 nitrogen and oxygen atoms in total. The van der Waals surface area contributed by atoms with Crippen molar-refractivity contribution in [1.82, 2.24) is 16.0 Å². The van der Waals surface area contributed by atoms with Crippen molar-refractivity contribution in [3.8, 4) is 0 Å². The maximum absolute atomic E-state index is 12.3. The van der Waals surface area contributed by atoms with E-state index in [1.54, 1.807) is 19.2 Å². The molecule has 0 aromatic heterocycles. The van der Waals surface area contributed by atoms with Gasteiger partial charge in [-0.3, -0.25) is 9.59 Å². The first-order valence-corrected chi connectivity index (χ1v) is 7.94. The minimum atomic E-state index is -0.0959. The van der Waals surface area contributed by atoms with Crippen molar-refractivity contribution in [2.24, 2.45) is 11.3 Å². The Bertz CT molecular complexity index is 568. The van der Waals surface area contributed by atoms with Crippen molar-refractivity contribution >= 4 is 24.2 Å². The molecule has 1 aromatic rings. The zero-order valence-electron chi connectivity index (χ0n) is 13.4. The topological polar surface area (TPSA) is 70.2 Å². The van der Waals surface area contributed by atoms with Gasteiger partial charge >= 0.3 is 0 Å². The molecule has 1 heterocycles. The van der Waals surface area contributed by atoms with Crippen molar-refractivity contribution < 1.29 is 9.59 Å². The lowest BCUT2D eigenvalue weighted by molar-refractivity contribution is -0.123. The number of amides is 2. The van der Waals surface area contributed by atoms with Gasteiger partial charge in [-0.25, -0.2) is 0 Å². The molecular formula is C17H24ClN3O2. The van der Waals surface area contributed by atoms with Crippen LogP contribution in [0.5, 0.6) is 0 Å². The van der Waals surface area contributed by atoms with Gasteiger partial charge in [0.25, 0.3) is 5.91 Å². The van der Waals surface area contributed by atoms with Gasteiger partial charge in [0, 0.05) is 25.1 Å². The molecule has 1 aliphatic carbocycles. The number of benzene rings is 1. The van der Waals surface area contributed by atoms with Crippen LogP contribution in [0.25, 0.3) is 0 Å². The predicted molar refractivity (Wildman–Crippen MR) is 91.6 cm³/mol. The Hall–Kier alpha value is -1.59. The SMILES string of the molecule is CNC(=O)c1ccc(CNC(=O)C2CC23CCNCC3)cc1.Cl. The highest BCUT2D eigenvalue weighted by atomic mass is 35.5. The summed E-state index contributed by atoms with van der Waals surface area (Å²) >= 11 is 0. The van der Waals surface area contributed by atoms with Gasteiger partial charge in [-0.15, -0.1) is 12.4 Å². The van der Waals surface area contributed by atoms with Crippen LogP contribution < -0.4 is 16.0 Å². The normalized spacial score (nSPS) is 21.2. The van der Waals surface area contributed by atoms with Gasteiger partial charge in [0.15, 0.2) is 0 Å². The molecule has 1 saturated carbocycles. The average molecular weight is 338 g/mol. The quantitative estimate of drug-likeness (QED) is 0.779. The van der Waals surface area contributed by atoms with Crippen molar-refractivity contribution in [3.05, 3.63) is 35.4 Å². The van der Waals surface area contributed by atoms with E-state index < -0.39 is 0 Å². The molecular weight excluding hydrogens is 314 g/mol. The number of hydrogen-bond donors (Lipinski definition) is 3. The first kappa shape index (κ1) is 17.8. The van der Waals surface area contributed by atoms with E-state index in [1.165, 1.54) is 0 Å². The average Bonchev–Trinajstić information content (AvgIpc) is 3.26. The Kier molecular flexibility index (Phi) is 5.65. The molecule has 1 unspecified atom stereocenters. The fourth-order valence-corrected chi connectivity index (χ4v) is 3.43. The van der Waals surface area contributed by atoms with Gasteiger partial charge in [0.05, 0.1) is 0 Å². The van der Waals surface area contributed by atoms with Crippen LogP contribution in [0.15, 0.2) is 24.3 Å². The van der Waals surface area contributed by atoms with Crippen molar-refractivity contribution in [1.29, 1.82) is 0 Å². The second-order valence-electron chi connectivity index (χ2n) is 6.36. The van der Waals surface area contributed by atoms with Crippen molar-refractivity contribution in [2.45, 2.75) is 25.8 Å². The molecule has 23 heavy (non-hydrogen) atoms. The van der Waals surface area contributed by atoms with Crippen LogP contribution in [-0.4, -0.2) is 32.0 Å². The number of piperidine rings is 1. The first-order chi connectivity index (χ1) is 10.6. The third kappa shape index (κ3) is 3.85. The number of nitrogens with one attached hydrogen (secondary N) is 3. The summed E-state index contributed by atoms with van der Waals surface area (Å²) < 4.78 is 0. The summed E-state index contributed by atoms with van der Waals surface area (Å²) in [5.74, 6) is 0.276. The molecule has 1 aromatic carbocycles. The number of carbonyl (C=O) groups is 2. The number of carbonyl (C=O) groups excluding carboxylic acids is 2. The highest BCUT2D eigenvalue weighted by Crippen LogP contribution is 2.58. The summed E-state index contributed by atoms with van der Waals surface area (Å²) in [4.78, 5) is 23.8. The summed E-state index contributed by atoms with van der Waals surface area (Å²) in [7, 11) is 1.61. The Balaban J connectivity index is 0.00000192. The summed E-state index contributed by atoms with van der Waals surface area (Å²) in [5, 5.41) is 8.98. The van der Waals surface area contributed by atoms with Crippen LogP contribution in [0.3, 0.4) is 0 Å². The van der Waals surface area contributed by atoms with Gasteiger partial charge in [-0.2, -0.15) is 0 Å². The Labute approximate surface area is 143 Å². The monoisotopic (exact) mass is 337 g/mol. The summed E-state index contributed by atoms with van der Waals surface area (Å²) in [5.41, 5.74) is 1.92.